The number of nitrogens with one attached hydrogen (secondary N) is 2. The minimum Gasteiger partial charge on any atom is -0.363 e. The highest BCUT2D eigenvalue weighted by Crippen LogP contribution is 2.35. The predicted molar refractivity (Wildman–Crippen MR) is 88.0 cm³/mol. The molecule has 2 atom stereocenters. The van der Waals surface area contributed by atoms with E-state index in [0.29, 0.717) is 30.0 Å². The van der Waals surface area contributed by atoms with Crippen molar-refractivity contribution in [2.75, 3.05) is 6.54 Å². The maximum absolute atomic E-state index is 12.0. The number of rotatable bonds is 4. The van der Waals surface area contributed by atoms with Crippen LogP contribution in [0.1, 0.15) is 58.3 Å². The molecule has 0 radical (unpaired) electrons. The van der Waals surface area contributed by atoms with Gasteiger partial charge in [0.2, 0.25) is 5.91 Å². The van der Waals surface area contributed by atoms with Crippen molar-refractivity contribution in [1.29, 1.82) is 0 Å². The molecule has 0 aromatic carbocycles. The summed E-state index contributed by atoms with van der Waals surface area (Å²) in [5.41, 5.74) is 0. The highest BCUT2D eigenvalue weighted by Gasteiger charge is 2.41. The molecular weight excluding hydrogens is 282 g/mol. The number of nitrogens with zero attached hydrogens (tertiary/aromatic N) is 1. The van der Waals surface area contributed by atoms with Gasteiger partial charge in [-0.15, -0.1) is 0 Å². The largest absolute Gasteiger partial charge is 0.363 e. The van der Waals surface area contributed by atoms with E-state index in [-0.39, 0.29) is 0 Å². The number of carbonyl (C=O) groups is 1. The van der Waals surface area contributed by atoms with Gasteiger partial charge in [0.05, 0.1) is 0 Å². The van der Waals surface area contributed by atoms with Gasteiger partial charge >= 0.3 is 0 Å². The molecule has 118 valence electrons. The molecule has 0 spiro atoms. The molecule has 2 bridgehead atoms. The molecule has 2 unspecified atom stereocenters. The summed E-state index contributed by atoms with van der Waals surface area (Å²) < 4.78 is 0. The molecule has 0 aromatic rings. The predicted octanol–water partition coefficient (Wildman–Crippen LogP) is 2.18. The summed E-state index contributed by atoms with van der Waals surface area (Å²) in [7, 11) is 0. The summed E-state index contributed by atoms with van der Waals surface area (Å²) in [6.45, 7) is 3.12. The number of amides is 1. The maximum atomic E-state index is 12.0. The van der Waals surface area contributed by atoms with Gasteiger partial charge < -0.3 is 15.5 Å². The zero-order chi connectivity index (χ0) is 14.8. The molecule has 5 heteroatoms. The van der Waals surface area contributed by atoms with Gasteiger partial charge in [-0.1, -0.05) is 6.92 Å². The molecule has 3 rings (SSSR count). The van der Waals surface area contributed by atoms with Gasteiger partial charge in [-0.2, -0.15) is 0 Å². The Morgan fingerprint density at radius 3 is 2.43 bits per heavy atom. The summed E-state index contributed by atoms with van der Waals surface area (Å²) in [4.78, 5) is 14.4. The topological polar surface area (TPSA) is 44.4 Å². The average molecular weight is 309 g/mol. The highest BCUT2D eigenvalue weighted by molar-refractivity contribution is 7.80. The van der Waals surface area contributed by atoms with Crippen molar-refractivity contribution in [3.05, 3.63) is 0 Å². The van der Waals surface area contributed by atoms with Crippen LogP contribution in [-0.2, 0) is 4.79 Å². The molecule has 1 aliphatic carbocycles. The van der Waals surface area contributed by atoms with Crippen LogP contribution in [0, 0.1) is 5.92 Å². The smallest absolute Gasteiger partial charge is 0.223 e. The lowest BCUT2D eigenvalue weighted by atomic mass is 9.82. The van der Waals surface area contributed by atoms with Crippen molar-refractivity contribution in [2.24, 2.45) is 5.92 Å². The Morgan fingerprint density at radius 2 is 1.86 bits per heavy atom. The molecule has 0 aromatic heterocycles. The third kappa shape index (κ3) is 3.50. The molecular formula is C16H27N3OS. The van der Waals surface area contributed by atoms with E-state index >= 15 is 0 Å². The molecule has 3 fully saturated rings. The van der Waals surface area contributed by atoms with Gasteiger partial charge in [0.1, 0.15) is 0 Å². The van der Waals surface area contributed by atoms with Crippen LogP contribution in [0.15, 0.2) is 0 Å². The number of thiocarbonyl (C=S) groups is 1. The molecule has 1 saturated carbocycles. The first-order valence-corrected chi connectivity index (χ1v) is 8.96. The first-order valence-electron chi connectivity index (χ1n) is 8.55. The van der Waals surface area contributed by atoms with E-state index in [2.05, 4.69) is 22.5 Å². The van der Waals surface area contributed by atoms with E-state index in [0.717, 1.165) is 43.8 Å². The van der Waals surface area contributed by atoms with Gasteiger partial charge in [0.25, 0.3) is 0 Å². The number of carbonyl (C=O) groups excluding carboxylic acids is 1. The van der Waals surface area contributed by atoms with Crippen molar-refractivity contribution < 1.29 is 4.79 Å². The van der Waals surface area contributed by atoms with Crippen molar-refractivity contribution >= 4 is 23.2 Å². The van der Waals surface area contributed by atoms with Gasteiger partial charge in [-0.05, 0) is 63.6 Å². The maximum Gasteiger partial charge on any atom is 0.223 e. The zero-order valence-corrected chi connectivity index (χ0v) is 13.8. The van der Waals surface area contributed by atoms with Crippen molar-refractivity contribution in [1.82, 2.24) is 15.5 Å². The van der Waals surface area contributed by atoms with E-state index in [9.17, 15) is 4.79 Å². The summed E-state index contributed by atoms with van der Waals surface area (Å²) in [5.74, 6) is 0.605. The van der Waals surface area contributed by atoms with Crippen LogP contribution in [0.2, 0.25) is 0 Å². The molecule has 2 heterocycles. The molecule has 2 aliphatic heterocycles. The number of piperidine rings is 2. The second-order valence-corrected chi connectivity index (χ2v) is 7.22. The Bertz CT molecular complexity index is 396. The fraction of sp³-hybridized carbons (Fsp3) is 0.875. The van der Waals surface area contributed by atoms with Crippen molar-refractivity contribution in [3.8, 4) is 0 Å². The summed E-state index contributed by atoms with van der Waals surface area (Å²) in [6, 6.07) is 1.39. The van der Waals surface area contributed by atoms with Crippen molar-refractivity contribution in [2.45, 2.75) is 76.4 Å². The lowest BCUT2D eigenvalue weighted by Gasteiger charge is -2.50. The first kappa shape index (κ1) is 15.1. The second kappa shape index (κ2) is 6.51. The van der Waals surface area contributed by atoms with Gasteiger partial charge in [-0.25, -0.2) is 0 Å². The van der Waals surface area contributed by atoms with Crippen LogP contribution >= 0.6 is 12.2 Å². The third-order valence-corrected chi connectivity index (χ3v) is 5.39. The lowest BCUT2D eigenvalue weighted by Crippen LogP contribution is -2.60. The minimum atomic E-state index is 0.290. The SMILES string of the molecule is CCCNC(=S)N1C2CCCC1CC(NC(=O)C1CC1)C2. The van der Waals surface area contributed by atoms with Gasteiger partial charge in [0.15, 0.2) is 5.11 Å². The van der Waals surface area contributed by atoms with Crippen LogP contribution in [-0.4, -0.2) is 40.6 Å². The summed E-state index contributed by atoms with van der Waals surface area (Å²) >= 11 is 5.60. The third-order valence-electron chi connectivity index (χ3n) is 5.03. The first-order chi connectivity index (χ1) is 10.2. The second-order valence-electron chi connectivity index (χ2n) is 6.83. The Morgan fingerprint density at radius 1 is 1.19 bits per heavy atom. The summed E-state index contributed by atoms with van der Waals surface area (Å²) in [5, 5.41) is 7.60. The van der Waals surface area contributed by atoms with Crippen LogP contribution in [0.3, 0.4) is 0 Å². The van der Waals surface area contributed by atoms with E-state index < -0.39 is 0 Å². The average Bonchev–Trinajstić information content (AvgIpc) is 3.28. The van der Waals surface area contributed by atoms with Gasteiger partial charge in [-0.3, -0.25) is 4.79 Å². The monoisotopic (exact) mass is 309 g/mol. The van der Waals surface area contributed by atoms with E-state index in [1.807, 2.05) is 0 Å². The minimum absolute atomic E-state index is 0.290. The summed E-state index contributed by atoms with van der Waals surface area (Å²) in [6.07, 6.45) is 9.10. The van der Waals surface area contributed by atoms with E-state index in [4.69, 9.17) is 12.2 Å². The lowest BCUT2D eigenvalue weighted by molar-refractivity contribution is -0.123. The van der Waals surface area contributed by atoms with E-state index in [1.165, 1.54) is 19.3 Å². The van der Waals surface area contributed by atoms with Crippen molar-refractivity contribution in [3.63, 3.8) is 0 Å². The highest BCUT2D eigenvalue weighted by atomic mass is 32.1. The molecule has 21 heavy (non-hydrogen) atoms. The Balaban J connectivity index is 1.59. The number of hydrogen-bond donors (Lipinski definition) is 2. The van der Waals surface area contributed by atoms with Gasteiger partial charge in [0, 0.05) is 30.6 Å². The molecule has 4 nitrogen and oxygen atoms in total. The molecule has 3 aliphatic rings. The fourth-order valence-corrected chi connectivity index (χ4v) is 4.22. The van der Waals surface area contributed by atoms with Crippen LogP contribution in [0.5, 0.6) is 0 Å². The zero-order valence-electron chi connectivity index (χ0n) is 12.9. The Labute approximate surface area is 133 Å². The molecule has 2 saturated heterocycles. The fourth-order valence-electron chi connectivity index (χ4n) is 3.82. The van der Waals surface area contributed by atoms with Crippen LogP contribution in [0.25, 0.3) is 0 Å². The van der Waals surface area contributed by atoms with E-state index in [1.54, 1.807) is 0 Å². The molecule has 2 N–H and O–H groups in total. The molecule has 1 amide bonds. The van der Waals surface area contributed by atoms with Crippen LogP contribution < -0.4 is 10.6 Å². The number of fused-ring (bicyclic) bond motifs is 2. The standard InChI is InChI=1S/C16H27N3OS/c1-2-8-17-16(21)19-13-4-3-5-14(19)10-12(9-13)18-15(20)11-6-7-11/h11-14H,2-10H2,1H3,(H,17,21)(H,18,20). The normalized spacial score (nSPS) is 31.7. The number of hydrogen-bond acceptors (Lipinski definition) is 2. The van der Waals surface area contributed by atoms with Crippen LogP contribution in [0.4, 0.5) is 0 Å². The Hall–Kier alpha value is -0.840. The quantitative estimate of drug-likeness (QED) is 0.781. The Kier molecular flexibility index (Phi) is 4.67.